The molecule has 1 aliphatic heterocycles. The predicted molar refractivity (Wildman–Crippen MR) is 105 cm³/mol. The van der Waals surface area contributed by atoms with Crippen LogP contribution in [-0.4, -0.2) is 30.3 Å². The monoisotopic (exact) mass is 367 g/mol. The molecule has 0 aromatic heterocycles. The van der Waals surface area contributed by atoms with E-state index < -0.39 is 11.0 Å². The van der Waals surface area contributed by atoms with Crippen LogP contribution in [0.15, 0.2) is 53.6 Å². The normalized spacial score (nSPS) is 14.1. The second-order valence-corrected chi connectivity index (χ2v) is 6.24. The summed E-state index contributed by atoms with van der Waals surface area (Å²) in [6.45, 7) is 1.81. The van der Waals surface area contributed by atoms with Crippen molar-refractivity contribution >= 4 is 29.3 Å². The van der Waals surface area contributed by atoms with Gasteiger partial charge in [0.15, 0.2) is 0 Å². The standard InChI is InChI=1S/C19H21N5O3/c25-19(21-16-7-3-1-4-8-16)22-20-14-15-13-17(24(26)27)9-10-18(15)23-11-5-2-6-12-23/h1,3-4,7-10,13-14H,2,5-6,11-12H2,(H2,21,22,25)/b20-14+. The number of nitrogens with one attached hydrogen (secondary N) is 2. The number of nitro benzene ring substituents is 1. The van der Waals surface area contributed by atoms with E-state index in [2.05, 4.69) is 20.7 Å². The Bertz CT molecular complexity index is 832. The molecule has 0 unspecified atom stereocenters. The number of nitrogens with zero attached hydrogens (tertiary/aromatic N) is 3. The number of nitro groups is 1. The van der Waals surface area contributed by atoms with Gasteiger partial charge in [0.1, 0.15) is 0 Å². The van der Waals surface area contributed by atoms with Crippen molar-refractivity contribution in [1.29, 1.82) is 0 Å². The van der Waals surface area contributed by atoms with E-state index in [4.69, 9.17) is 0 Å². The molecule has 8 heteroatoms. The summed E-state index contributed by atoms with van der Waals surface area (Å²) in [7, 11) is 0. The number of carbonyl (C=O) groups excluding carboxylic acids is 1. The molecule has 0 bridgehead atoms. The topological polar surface area (TPSA) is 99.9 Å². The van der Waals surface area contributed by atoms with Gasteiger partial charge in [-0.25, -0.2) is 10.2 Å². The maximum Gasteiger partial charge on any atom is 0.339 e. The molecule has 1 saturated heterocycles. The summed E-state index contributed by atoms with van der Waals surface area (Å²) in [6, 6.07) is 13.2. The van der Waals surface area contributed by atoms with E-state index in [1.165, 1.54) is 24.8 Å². The lowest BCUT2D eigenvalue weighted by molar-refractivity contribution is -0.384. The van der Waals surface area contributed by atoms with Crippen molar-refractivity contribution in [1.82, 2.24) is 5.43 Å². The van der Waals surface area contributed by atoms with Crippen LogP contribution >= 0.6 is 0 Å². The molecular weight excluding hydrogens is 346 g/mol. The Morgan fingerprint density at radius 2 is 1.85 bits per heavy atom. The number of hydrogen-bond donors (Lipinski definition) is 2. The third-order valence-corrected chi connectivity index (χ3v) is 4.32. The van der Waals surface area contributed by atoms with Gasteiger partial charge in [0.05, 0.1) is 11.1 Å². The van der Waals surface area contributed by atoms with Crippen molar-refractivity contribution in [3.05, 3.63) is 64.2 Å². The van der Waals surface area contributed by atoms with Crippen LogP contribution in [0.1, 0.15) is 24.8 Å². The summed E-state index contributed by atoms with van der Waals surface area (Å²) >= 11 is 0. The zero-order valence-electron chi connectivity index (χ0n) is 14.8. The molecular formula is C19H21N5O3. The van der Waals surface area contributed by atoms with Crippen molar-refractivity contribution in [2.75, 3.05) is 23.3 Å². The fraction of sp³-hybridized carbons (Fsp3) is 0.263. The fourth-order valence-electron chi connectivity index (χ4n) is 3.02. The Hall–Kier alpha value is -3.42. The Morgan fingerprint density at radius 1 is 1.11 bits per heavy atom. The van der Waals surface area contributed by atoms with E-state index in [9.17, 15) is 14.9 Å². The van der Waals surface area contributed by atoms with E-state index in [0.29, 0.717) is 11.3 Å². The molecule has 1 fully saturated rings. The van der Waals surface area contributed by atoms with Crippen molar-refractivity contribution in [2.24, 2.45) is 5.10 Å². The number of carbonyl (C=O) groups is 1. The van der Waals surface area contributed by atoms with Crippen LogP contribution in [0.3, 0.4) is 0 Å². The number of non-ortho nitro benzene ring substituents is 1. The SMILES string of the molecule is O=C(N/N=C/c1cc([N+](=O)[O-])ccc1N1CCCCC1)Nc1ccccc1. The van der Waals surface area contributed by atoms with Crippen LogP contribution in [0.4, 0.5) is 21.9 Å². The van der Waals surface area contributed by atoms with Crippen LogP contribution in [0.25, 0.3) is 0 Å². The summed E-state index contributed by atoms with van der Waals surface area (Å²) in [5.41, 5.74) is 4.52. The van der Waals surface area contributed by atoms with Crippen LogP contribution < -0.4 is 15.6 Å². The number of hydrogen-bond acceptors (Lipinski definition) is 5. The average molecular weight is 367 g/mol. The van der Waals surface area contributed by atoms with Crippen molar-refractivity contribution in [3.63, 3.8) is 0 Å². The number of hydrazone groups is 1. The number of para-hydroxylation sites is 1. The Balaban J connectivity index is 1.73. The van der Waals surface area contributed by atoms with E-state index in [1.807, 2.05) is 18.2 Å². The van der Waals surface area contributed by atoms with E-state index in [-0.39, 0.29) is 5.69 Å². The zero-order chi connectivity index (χ0) is 19.1. The van der Waals surface area contributed by atoms with Crippen LogP contribution in [0, 0.1) is 10.1 Å². The van der Waals surface area contributed by atoms with Crippen LogP contribution in [0.5, 0.6) is 0 Å². The average Bonchev–Trinajstić information content (AvgIpc) is 2.69. The van der Waals surface area contributed by atoms with Crippen molar-refractivity contribution in [2.45, 2.75) is 19.3 Å². The van der Waals surface area contributed by atoms with Crippen LogP contribution in [0.2, 0.25) is 0 Å². The smallest absolute Gasteiger partial charge is 0.339 e. The molecule has 0 aliphatic carbocycles. The van der Waals surface area contributed by atoms with Crippen molar-refractivity contribution < 1.29 is 9.72 Å². The number of urea groups is 1. The molecule has 0 radical (unpaired) electrons. The first kappa shape index (κ1) is 18.4. The zero-order valence-corrected chi connectivity index (χ0v) is 14.8. The third kappa shape index (κ3) is 5.04. The minimum absolute atomic E-state index is 0.00838. The third-order valence-electron chi connectivity index (χ3n) is 4.32. The minimum Gasteiger partial charge on any atom is -0.371 e. The molecule has 2 aromatic carbocycles. The molecule has 8 nitrogen and oxygen atoms in total. The molecule has 3 rings (SSSR count). The Kier molecular flexibility index (Phi) is 5.98. The summed E-state index contributed by atoms with van der Waals surface area (Å²) in [5.74, 6) is 0. The molecule has 1 heterocycles. The maximum atomic E-state index is 11.9. The summed E-state index contributed by atoms with van der Waals surface area (Å²) in [6.07, 6.45) is 4.81. The molecule has 27 heavy (non-hydrogen) atoms. The van der Waals surface area contributed by atoms with E-state index in [0.717, 1.165) is 31.6 Å². The highest BCUT2D eigenvalue weighted by molar-refractivity contribution is 5.92. The summed E-state index contributed by atoms with van der Waals surface area (Å²) in [5, 5.41) is 17.7. The number of amides is 2. The highest BCUT2D eigenvalue weighted by Crippen LogP contribution is 2.26. The summed E-state index contributed by atoms with van der Waals surface area (Å²) < 4.78 is 0. The molecule has 2 aromatic rings. The molecule has 2 N–H and O–H groups in total. The van der Waals surface area contributed by atoms with Gasteiger partial charge in [-0.1, -0.05) is 18.2 Å². The molecule has 1 aliphatic rings. The van der Waals surface area contributed by atoms with E-state index in [1.54, 1.807) is 18.2 Å². The molecule has 0 atom stereocenters. The van der Waals surface area contributed by atoms with Gasteiger partial charge in [-0.05, 0) is 37.5 Å². The Labute approximate surface area is 157 Å². The second kappa shape index (κ2) is 8.79. The van der Waals surface area contributed by atoms with Gasteiger partial charge in [0.25, 0.3) is 5.69 Å². The van der Waals surface area contributed by atoms with Gasteiger partial charge >= 0.3 is 6.03 Å². The largest absolute Gasteiger partial charge is 0.371 e. The predicted octanol–water partition coefficient (Wildman–Crippen LogP) is 3.74. The lowest BCUT2D eigenvalue weighted by Gasteiger charge is -2.29. The van der Waals surface area contributed by atoms with Crippen LogP contribution in [-0.2, 0) is 0 Å². The Morgan fingerprint density at radius 3 is 2.56 bits per heavy atom. The molecule has 0 saturated carbocycles. The van der Waals surface area contributed by atoms with Gasteiger partial charge in [-0.3, -0.25) is 10.1 Å². The molecule has 0 spiro atoms. The fourth-order valence-corrected chi connectivity index (χ4v) is 3.02. The summed E-state index contributed by atoms with van der Waals surface area (Å²) in [4.78, 5) is 24.8. The highest BCUT2D eigenvalue weighted by atomic mass is 16.6. The molecule has 140 valence electrons. The van der Waals surface area contributed by atoms with Gasteiger partial charge in [-0.15, -0.1) is 0 Å². The van der Waals surface area contributed by atoms with Gasteiger partial charge in [-0.2, -0.15) is 5.10 Å². The second-order valence-electron chi connectivity index (χ2n) is 6.24. The first-order valence-electron chi connectivity index (χ1n) is 8.82. The number of benzene rings is 2. The number of piperidine rings is 1. The van der Waals surface area contributed by atoms with Crippen molar-refractivity contribution in [3.8, 4) is 0 Å². The van der Waals surface area contributed by atoms with Gasteiger partial charge < -0.3 is 10.2 Å². The quantitative estimate of drug-likeness (QED) is 0.478. The number of rotatable bonds is 5. The lowest BCUT2D eigenvalue weighted by Crippen LogP contribution is -2.30. The van der Waals surface area contributed by atoms with Gasteiger partial charge in [0, 0.05) is 42.2 Å². The maximum absolute atomic E-state index is 11.9. The minimum atomic E-state index is -0.484. The van der Waals surface area contributed by atoms with E-state index >= 15 is 0 Å². The lowest BCUT2D eigenvalue weighted by atomic mass is 10.1. The highest BCUT2D eigenvalue weighted by Gasteiger charge is 2.17. The number of anilines is 2. The first-order chi connectivity index (χ1) is 13.1. The first-order valence-corrected chi connectivity index (χ1v) is 8.82. The van der Waals surface area contributed by atoms with Gasteiger partial charge in [0.2, 0.25) is 0 Å². The molecule has 2 amide bonds.